The zero-order valence-corrected chi connectivity index (χ0v) is 15.0. The number of carbonyl (C=O) groups excluding carboxylic acids is 1. The van der Waals surface area contributed by atoms with Crippen LogP contribution in [0.1, 0.15) is 50.4 Å². The van der Waals surface area contributed by atoms with Crippen LogP contribution in [0.4, 0.5) is 0 Å². The van der Waals surface area contributed by atoms with Gasteiger partial charge in [0.15, 0.2) is 5.82 Å². The highest BCUT2D eigenvalue weighted by molar-refractivity contribution is 5.79. The number of nitrogens with one attached hydrogen (secondary N) is 1. The molecule has 1 aliphatic heterocycles. The molecule has 3 rings (SSSR count). The van der Waals surface area contributed by atoms with Crippen LogP contribution in [0.2, 0.25) is 0 Å². The Morgan fingerprint density at radius 3 is 2.60 bits per heavy atom. The van der Waals surface area contributed by atoms with Gasteiger partial charge in [-0.2, -0.15) is 10.2 Å². The third-order valence-corrected chi connectivity index (χ3v) is 5.27. The first-order valence-corrected chi connectivity index (χ1v) is 9.00. The highest BCUT2D eigenvalue weighted by Gasteiger charge is 2.36. The number of hydrogen-bond donors (Lipinski definition) is 1. The molecule has 2 heterocycles. The SMILES string of the molecule is Cc1noc(C(C)N2CCN(CC(=O)NC3(C#N)CCCC3)CC2)n1. The highest BCUT2D eigenvalue weighted by Crippen LogP contribution is 2.28. The summed E-state index contributed by atoms with van der Waals surface area (Å²) in [6.45, 7) is 7.54. The molecule has 1 atom stereocenters. The molecule has 1 aliphatic carbocycles. The minimum absolute atomic E-state index is 0.0440. The zero-order chi connectivity index (χ0) is 17.9. The van der Waals surface area contributed by atoms with Gasteiger partial charge in [-0.3, -0.25) is 14.6 Å². The van der Waals surface area contributed by atoms with Crippen molar-refractivity contribution < 1.29 is 9.32 Å². The third-order valence-electron chi connectivity index (χ3n) is 5.27. The van der Waals surface area contributed by atoms with E-state index in [0.717, 1.165) is 51.9 Å². The van der Waals surface area contributed by atoms with Crippen LogP contribution in [0.5, 0.6) is 0 Å². The number of amides is 1. The molecule has 1 saturated heterocycles. The molecule has 2 aliphatic rings. The fourth-order valence-corrected chi connectivity index (χ4v) is 3.70. The predicted octanol–water partition coefficient (Wildman–Crippen LogP) is 1.01. The van der Waals surface area contributed by atoms with Crippen molar-refractivity contribution in [2.75, 3.05) is 32.7 Å². The number of aryl methyl sites for hydroxylation is 1. The van der Waals surface area contributed by atoms with Gasteiger partial charge < -0.3 is 9.84 Å². The summed E-state index contributed by atoms with van der Waals surface area (Å²) >= 11 is 0. The first kappa shape index (κ1) is 17.8. The number of hydrogen-bond acceptors (Lipinski definition) is 7. The predicted molar refractivity (Wildman–Crippen MR) is 90.4 cm³/mol. The maximum absolute atomic E-state index is 12.3. The van der Waals surface area contributed by atoms with Crippen molar-refractivity contribution in [3.05, 3.63) is 11.7 Å². The molecule has 1 N–H and O–H groups in total. The van der Waals surface area contributed by atoms with E-state index in [1.54, 1.807) is 0 Å². The van der Waals surface area contributed by atoms with Gasteiger partial charge in [-0.25, -0.2) is 0 Å². The Morgan fingerprint density at radius 1 is 1.36 bits per heavy atom. The molecule has 0 bridgehead atoms. The van der Waals surface area contributed by atoms with Crippen LogP contribution in [0, 0.1) is 18.3 Å². The van der Waals surface area contributed by atoms with Crippen molar-refractivity contribution in [2.24, 2.45) is 0 Å². The Labute approximate surface area is 148 Å². The molecule has 0 radical (unpaired) electrons. The molecular formula is C17H26N6O2. The summed E-state index contributed by atoms with van der Waals surface area (Å²) in [6.07, 6.45) is 3.56. The summed E-state index contributed by atoms with van der Waals surface area (Å²) in [5.41, 5.74) is -0.636. The van der Waals surface area contributed by atoms with Crippen LogP contribution < -0.4 is 5.32 Å². The smallest absolute Gasteiger partial charge is 0.243 e. The fourth-order valence-electron chi connectivity index (χ4n) is 3.70. The molecule has 1 amide bonds. The van der Waals surface area contributed by atoms with Gasteiger partial charge in [-0.1, -0.05) is 5.16 Å². The second-order valence-corrected chi connectivity index (χ2v) is 7.12. The maximum atomic E-state index is 12.3. The zero-order valence-electron chi connectivity index (χ0n) is 15.0. The Morgan fingerprint density at radius 2 is 2.04 bits per heavy atom. The van der Waals surface area contributed by atoms with Crippen LogP contribution >= 0.6 is 0 Å². The molecule has 1 aromatic heterocycles. The summed E-state index contributed by atoms with van der Waals surface area (Å²) in [6, 6.07) is 2.39. The molecule has 25 heavy (non-hydrogen) atoms. The summed E-state index contributed by atoms with van der Waals surface area (Å²) in [5.74, 6) is 1.24. The fraction of sp³-hybridized carbons (Fsp3) is 0.765. The Hall–Kier alpha value is -1.98. The second kappa shape index (κ2) is 7.50. The van der Waals surface area contributed by atoms with Crippen molar-refractivity contribution in [1.29, 1.82) is 5.26 Å². The molecule has 1 aromatic rings. The molecule has 2 fully saturated rings. The van der Waals surface area contributed by atoms with E-state index in [2.05, 4.69) is 38.3 Å². The molecule has 1 unspecified atom stereocenters. The number of nitriles is 1. The van der Waals surface area contributed by atoms with E-state index < -0.39 is 5.54 Å². The number of nitrogens with zero attached hydrogens (tertiary/aromatic N) is 5. The van der Waals surface area contributed by atoms with Crippen molar-refractivity contribution >= 4 is 5.91 Å². The van der Waals surface area contributed by atoms with Gasteiger partial charge in [0.1, 0.15) is 5.54 Å². The van der Waals surface area contributed by atoms with E-state index in [9.17, 15) is 10.1 Å². The van der Waals surface area contributed by atoms with E-state index in [0.29, 0.717) is 18.3 Å². The average Bonchev–Trinajstić information content (AvgIpc) is 3.24. The van der Waals surface area contributed by atoms with Gasteiger partial charge in [0.2, 0.25) is 11.8 Å². The molecule has 8 nitrogen and oxygen atoms in total. The quantitative estimate of drug-likeness (QED) is 0.849. The molecular weight excluding hydrogens is 320 g/mol. The molecule has 136 valence electrons. The lowest BCUT2D eigenvalue weighted by atomic mass is 10.00. The van der Waals surface area contributed by atoms with Crippen molar-refractivity contribution in [3.8, 4) is 6.07 Å². The van der Waals surface area contributed by atoms with E-state index in [4.69, 9.17) is 4.52 Å². The molecule has 1 saturated carbocycles. The van der Waals surface area contributed by atoms with Crippen LogP contribution in [0.25, 0.3) is 0 Å². The lowest BCUT2D eigenvalue weighted by Crippen LogP contribution is -2.53. The van der Waals surface area contributed by atoms with Gasteiger partial charge in [0.25, 0.3) is 0 Å². The molecule has 8 heteroatoms. The van der Waals surface area contributed by atoms with Gasteiger partial charge in [-0.05, 0) is 39.5 Å². The first-order chi connectivity index (χ1) is 12.0. The molecule has 0 aromatic carbocycles. The lowest BCUT2D eigenvalue weighted by molar-refractivity contribution is -0.124. The number of rotatable bonds is 5. The maximum Gasteiger partial charge on any atom is 0.243 e. The van der Waals surface area contributed by atoms with Crippen molar-refractivity contribution in [1.82, 2.24) is 25.3 Å². The first-order valence-electron chi connectivity index (χ1n) is 9.00. The summed E-state index contributed by atoms with van der Waals surface area (Å²) in [4.78, 5) is 21.0. The summed E-state index contributed by atoms with van der Waals surface area (Å²) in [7, 11) is 0. The normalized spacial score (nSPS) is 22.4. The van der Waals surface area contributed by atoms with E-state index in [1.807, 2.05) is 6.92 Å². The van der Waals surface area contributed by atoms with Gasteiger partial charge in [0, 0.05) is 26.2 Å². The summed E-state index contributed by atoms with van der Waals surface area (Å²) in [5, 5.41) is 16.2. The van der Waals surface area contributed by atoms with Gasteiger partial charge >= 0.3 is 0 Å². The van der Waals surface area contributed by atoms with E-state index in [1.165, 1.54) is 0 Å². The number of piperazine rings is 1. The standard InChI is InChI=1S/C17H26N6O2/c1-13(16-19-14(2)21-25-16)23-9-7-22(8-10-23)11-15(24)20-17(12-18)5-3-4-6-17/h13H,3-11H2,1-2H3,(H,20,24). The van der Waals surface area contributed by atoms with Gasteiger partial charge in [-0.15, -0.1) is 0 Å². The van der Waals surface area contributed by atoms with E-state index in [-0.39, 0.29) is 11.9 Å². The topological polar surface area (TPSA) is 98.3 Å². The Balaban J connectivity index is 1.46. The van der Waals surface area contributed by atoms with Crippen molar-refractivity contribution in [3.63, 3.8) is 0 Å². The van der Waals surface area contributed by atoms with Crippen LogP contribution in [0.15, 0.2) is 4.52 Å². The second-order valence-electron chi connectivity index (χ2n) is 7.12. The Kier molecular flexibility index (Phi) is 5.35. The van der Waals surface area contributed by atoms with Crippen LogP contribution in [0.3, 0.4) is 0 Å². The summed E-state index contributed by atoms with van der Waals surface area (Å²) < 4.78 is 5.26. The number of carbonyl (C=O) groups is 1. The Bertz CT molecular complexity index is 638. The highest BCUT2D eigenvalue weighted by atomic mass is 16.5. The van der Waals surface area contributed by atoms with Crippen LogP contribution in [-0.2, 0) is 4.79 Å². The number of aromatic nitrogens is 2. The van der Waals surface area contributed by atoms with E-state index >= 15 is 0 Å². The minimum Gasteiger partial charge on any atom is -0.338 e. The average molecular weight is 346 g/mol. The molecule has 0 spiro atoms. The minimum atomic E-state index is -0.636. The monoisotopic (exact) mass is 346 g/mol. The van der Waals surface area contributed by atoms with Crippen molar-refractivity contribution in [2.45, 2.75) is 51.1 Å². The third kappa shape index (κ3) is 4.17. The lowest BCUT2D eigenvalue weighted by Gasteiger charge is -2.36. The van der Waals surface area contributed by atoms with Gasteiger partial charge in [0.05, 0.1) is 18.7 Å². The van der Waals surface area contributed by atoms with Crippen LogP contribution in [-0.4, -0.2) is 64.1 Å². The largest absolute Gasteiger partial charge is 0.338 e.